The number of rotatable bonds is 72. The quantitative estimate of drug-likeness (QED) is 0.0373. The predicted octanol–water partition coefficient (Wildman–Crippen LogP) is 28.0. The largest absolute Gasteiger partial charge is 0.462 e. The second-order valence-corrected chi connectivity index (χ2v) is 26.1. The maximum Gasteiger partial charge on any atom is 0.306 e. The number of ether oxygens (including phenoxy) is 2. The number of allylic oxidation sites excluding steroid dienone is 24. The summed E-state index contributed by atoms with van der Waals surface area (Å²) in [6.07, 6.45) is 122. The lowest BCUT2D eigenvalue weighted by molar-refractivity contribution is -0.161. The van der Waals surface area contributed by atoms with E-state index in [9.17, 15) is 14.7 Å². The molecule has 1 unspecified atom stereocenters. The first-order chi connectivity index (χ1) is 45.6. The van der Waals surface area contributed by atoms with Gasteiger partial charge in [0, 0.05) is 12.8 Å². The Bertz CT molecular complexity index is 1880. The van der Waals surface area contributed by atoms with Crippen LogP contribution in [0.1, 0.15) is 373 Å². The van der Waals surface area contributed by atoms with E-state index in [4.69, 9.17) is 9.47 Å². The molecule has 526 valence electrons. The van der Waals surface area contributed by atoms with Crippen LogP contribution in [0.25, 0.3) is 0 Å². The van der Waals surface area contributed by atoms with Crippen molar-refractivity contribution in [2.45, 2.75) is 380 Å². The minimum Gasteiger partial charge on any atom is -0.462 e. The predicted molar refractivity (Wildman–Crippen MR) is 408 cm³/mol. The first-order valence-electron chi connectivity index (χ1n) is 39.4. The molecule has 0 rings (SSSR count). The number of esters is 2. The van der Waals surface area contributed by atoms with Crippen molar-refractivity contribution >= 4 is 11.9 Å². The Balaban J connectivity index is 3.53. The molecule has 0 amide bonds. The summed E-state index contributed by atoms with van der Waals surface area (Å²) in [6, 6.07) is 0. The van der Waals surface area contributed by atoms with E-state index in [2.05, 4.69) is 160 Å². The summed E-state index contributed by atoms with van der Waals surface area (Å²) in [5, 5.41) is 9.71. The van der Waals surface area contributed by atoms with Crippen LogP contribution < -0.4 is 0 Å². The van der Waals surface area contributed by atoms with Gasteiger partial charge in [-0.1, -0.05) is 404 Å². The van der Waals surface area contributed by atoms with Crippen molar-refractivity contribution in [3.63, 3.8) is 0 Å². The molecule has 0 heterocycles. The average Bonchev–Trinajstić information content (AvgIpc) is 3.75. The highest BCUT2D eigenvalue weighted by Gasteiger charge is 2.16. The van der Waals surface area contributed by atoms with Crippen LogP contribution in [0.3, 0.4) is 0 Å². The fraction of sp³-hybridized carbons (Fsp3) is 0.701. The molecule has 1 atom stereocenters. The number of aliphatic hydroxyl groups excluding tert-OH is 1. The van der Waals surface area contributed by atoms with Gasteiger partial charge in [-0.2, -0.15) is 0 Å². The van der Waals surface area contributed by atoms with Crippen LogP contribution in [0.4, 0.5) is 0 Å². The minimum atomic E-state index is -0.806. The summed E-state index contributed by atoms with van der Waals surface area (Å²) in [7, 11) is 0. The van der Waals surface area contributed by atoms with Crippen molar-refractivity contribution in [3.8, 4) is 0 Å². The Morgan fingerprint density at radius 2 is 0.467 bits per heavy atom. The number of unbranched alkanes of at least 4 members (excludes halogenated alkanes) is 40. The molecule has 0 radical (unpaired) electrons. The van der Waals surface area contributed by atoms with E-state index >= 15 is 0 Å². The van der Waals surface area contributed by atoms with Gasteiger partial charge in [-0.25, -0.2) is 0 Å². The molecule has 0 aromatic carbocycles. The summed E-state index contributed by atoms with van der Waals surface area (Å²) in [5.41, 5.74) is 0. The van der Waals surface area contributed by atoms with Crippen molar-refractivity contribution in [1.82, 2.24) is 0 Å². The van der Waals surface area contributed by atoms with E-state index in [0.717, 1.165) is 116 Å². The molecule has 0 aliphatic rings. The number of carbonyl (C=O) groups is 2. The molecule has 0 saturated heterocycles. The molecule has 0 aliphatic carbocycles. The van der Waals surface area contributed by atoms with Gasteiger partial charge in [0.15, 0.2) is 6.10 Å². The smallest absolute Gasteiger partial charge is 0.306 e. The minimum absolute atomic E-state index is 0.0888. The number of hydrogen-bond acceptors (Lipinski definition) is 5. The fourth-order valence-corrected chi connectivity index (χ4v) is 11.3. The van der Waals surface area contributed by atoms with Gasteiger partial charge in [-0.15, -0.1) is 0 Å². The third-order valence-electron chi connectivity index (χ3n) is 17.1. The van der Waals surface area contributed by atoms with Crippen LogP contribution in [0.5, 0.6) is 0 Å². The summed E-state index contributed by atoms with van der Waals surface area (Å²) >= 11 is 0. The van der Waals surface area contributed by atoms with Gasteiger partial charge in [0.05, 0.1) is 6.61 Å². The van der Waals surface area contributed by atoms with Gasteiger partial charge in [-0.3, -0.25) is 9.59 Å². The van der Waals surface area contributed by atoms with Crippen LogP contribution >= 0.6 is 0 Å². The monoisotopic (exact) mass is 1270 g/mol. The van der Waals surface area contributed by atoms with Gasteiger partial charge in [-0.05, 0) is 103 Å². The molecule has 1 N–H and O–H groups in total. The number of hydrogen-bond donors (Lipinski definition) is 1. The molecule has 0 spiro atoms. The van der Waals surface area contributed by atoms with Gasteiger partial charge < -0.3 is 14.6 Å². The first-order valence-corrected chi connectivity index (χ1v) is 39.4. The second-order valence-electron chi connectivity index (χ2n) is 26.1. The molecule has 92 heavy (non-hydrogen) atoms. The van der Waals surface area contributed by atoms with E-state index in [1.807, 2.05) is 0 Å². The lowest BCUT2D eigenvalue weighted by Crippen LogP contribution is -2.28. The van der Waals surface area contributed by atoms with Crippen LogP contribution in [0, 0.1) is 0 Å². The zero-order chi connectivity index (χ0) is 66.1. The Morgan fingerprint density at radius 3 is 0.707 bits per heavy atom. The first kappa shape index (κ1) is 87.8. The third-order valence-corrected chi connectivity index (χ3v) is 17.1. The summed E-state index contributed by atoms with van der Waals surface area (Å²) in [5.74, 6) is -0.637. The maximum absolute atomic E-state index is 12.4. The molecule has 5 heteroatoms. The second kappa shape index (κ2) is 81.0. The molecular weight excluding hydrogens is 1120 g/mol. The molecule has 0 aliphatic heterocycles. The lowest BCUT2D eigenvalue weighted by atomic mass is 10.0. The molecule has 0 saturated carbocycles. The molecule has 0 aromatic heterocycles. The molecular formula is C87H148O5. The van der Waals surface area contributed by atoms with Crippen LogP contribution in [-0.2, 0) is 19.1 Å². The van der Waals surface area contributed by atoms with E-state index in [0.29, 0.717) is 12.8 Å². The molecule has 0 fully saturated rings. The Morgan fingerprint density at radius 1 is 0.261 bits per heavy atom. The maximum atomic E-state index is 12.4. The van der Waals surface area contributed by atoms with Gasteiger partial charge in [0.25, 0.3) is 0 Å². The number of carbonyl (C=O) groups excluding carboxylic acids is 2. The Labute approximate surface area is 571 Å². The van der Waals surface area contributed by atoms with Crippen molar-refractivity contribution in [2.24, 2.45) is 0 Å². The third kappa shape index (κ3) is 78.2. The average molecular weight is 1270 g/mol. The standard InChI is InChI=1S/C87H148O5/c1-3-5-7-9-11-13-15-17-19-21-23-25-27-29-31-33-35-37-39-41-43-45-47-49-51-53-55-57-59-61-63-65-67-69-71-73-75-77-79-81-86(89)91-84-85(83-88)92-87(90)82-80-78-76-74-72-70-68-66-64-62-60-58-56-54-52-50-48-46-44-42-40-38-36-34-32-30-28-26-24-22-20-18-16-14-12-10-8-6-4-2/h6,8,12,14,18,20,24,26,30,32,36,38,42,44,48,50,54,56,60,62,66,68,72,74,85,88H,3-5,7,9-11,13,15-17,19,21-23,25,27-29,31,33-35,37,39-41,43,45-47,49,51-53,55,57-59,61,63-65,67,69-71,73,75-84H2,1-2H3/b8-6-,14-12-,20-18-,26-24-,32-30-,38-36-,44-42-,50-48-,56-54-,62-60-,68-66-,74-72-. The molecule has 5 nitrogen and oxygen atoms in total. The molecule has 0 bridgehead atoms. The van der Waals surface area contributed by atoms with Crippen molar-refractivity contribution < 1.29 is 24.2 Å². The van der Waals surface area contributed by atoms with Crippen LogP contribution in [0.2, 0.25) is 0 Å². The normalized spacial score (nSPS) is 13.0. The van der Waals surface area contributed by atoms with Crippen molar-refractivity contribution in [3.05, 3.63) is 146 Å². The summed E-state index contributed by atoms with van der Waals surface area (Å²) in [6.45, 7) is 4.03. The van der Waals surface area contributed by atoms with Gasteiger partial charge in [0.1, 0.15) is 6.61 Å². The van der Waals surface area contributed by atoms with Crippen LogP contribution in [0.15, 0.2) is 146 Å². The van der Waals surface area contributed by atoms with Crippen LogP contribution in [-0.4, -0.2) is 36.4 Å². The highest BCUT2D eigenvalue weighted by molar-refractivity contribution is 5.70. The van der Waals surface area contributed by atoms with Gasteiger partial charge in [0.2, 0.25) is 0 Å². The van der Waals surface area contributed by atoms with Crippen molar-refractivity contribution in [2.75, 3.05) is 13.2 Å². The van der Waals surface area contributed by atoms with Crippen molar-refractivity contribution in [1.29, 1.82) is 0 Å². The van der Waals surface area contributed by atoms with E-state index in [-0.39, 0.29) is 25.2 Å². The summed E-state index contributed by atoms with van der Waals surface area (Å²) < 4.78 is 10.7. The molecule has 0 aromatic rings. The highest BCUT2D eigenvalue weighted by atomic mass is 16.6. The zero-order valence-electron chi connectivity index (χ0n) is 60.5. The van der Waals surface area contributed by atoms with E-state index < -0.39 is 6.10 Å². The fourth-order valence-electron chi connectivity index (χ4n) is 11.3. The van der Waals surface area contributed by atoms with E-state index in [1.54, 1.807) is 0 Å². The Kier molecular flexibility index (Phi) is 77.3. The number of aliphatic hydroxyl groups is 1. The SMILES string of the molecule is CC/C=C\C/C=C\C/C=C\C/C=C\C/C=C\C/C=C\C/C=C\C/C=C\C/C=C\C/C=C\C/C=C\C/C=C\CCCCC(=O)OC(CO)COC(=O)CCCCCCCCCCCCCCCCCCCCCCCCCCCCCCCCCCCCCCCCC. The van der Waals surface area contributed by atoms with E-state index in [1.165, 1.54) is 231 Å². The lowest BCUT2D eigenvalue weighted by Gasteiger charge is -2.15. The zero-order valence-corrected chi connectivity index (χ0v) is 60.5. The topological polar surface area (TPSA) is 72.8 Å². The Hall–Kier alpha value is -4.22. The van der Waals surface area contributed by atoms with Gasteiger partial charge >= 0.3 is 11.9 Å². The highest BCUT2D eigenvalue weighted by Crippen LogP contribution is 2.19. The summed E-state index contributed by atoms with van der Waals surface area (Å²) in [4.78, 5) is 24.7.